The number of fused-ring (bicyclic) bond motifs is 2. The molecule has 1 N–H and O–H groups in total. The van der Waals surface area contributed by atoms with E-state index in [4.69, 9.17) is 14.7 Å². The molecule has 0 unspecified atom stereocenters. The van der Waals surface area contributed by atoms with E-state index in [0.29, 0.717) is 51.6 Å². The average molecular weight is 560 g/mol. The number of nitrogens with zero attached hydrogens (tertiary/aromatic N) is 5. The summed E-state index contributed by atoms with van der Waals surface area (Å²) in [5, 5.41) is 12.7. The number of rotatable bonds is 6. The van der Waals surface area contributed by atoms with Gasteiger partial charge in [-0.15, -0.1) is 0 Å². The Balaban J connectivity index is 1.33. The molecule has 6 rings (SSSR count). The van der Waals surface area contributed by atoms with Crippen molar-refractivity contribution in [1.82, 2.24) is 19.8 Å². The second-order valence-electron chi connectivity index (χ2n) is 11.7. The molecule has 8 nitrogen and oxygen atoms in total. The summed E-state index contributed by atoms with van der Waals surface area (Å²) >= 11 is 0. The summed E-state index contributed by atoms with van der Waals surface area (Å²) in [6.45, 7) is 8.32. The van der Waals surface area contributed by atoms with Gasteiger partial charge in [-0.3, -0.25) is 9.69 Å². The first-order chi connectivity index (χ1) is 19.8. The van der Waals surface area contributed by atoms with Gasteiger partial charge in [0.15, 0.2) is 0 Å². The summed E-state index contributed by atoms with van der Waals surface area (Å²) in [5.41, 5.74) is 3.20. The Bertz CT molecular complexity index is 1460. The molecule has 1 amide bonds. The first-order valence-corrected chi connectivity index (χ1v) is 14.6. The van der Waals surface area contributed by atoms with Gasteiger partial charge in [0.1, 0.15) is 24.3 Å². The molecular formula is C32H38FN5O3. The quantitative estimate of drug-likeness (QED) is 0.452. The maximum atomic E-state index is 14.0. The highest BCUT2D eigenvalue weighted by atomic mass is 19.1. The van der Waals surface area contributed by atoms with Crippen LogP contribution in [0.3, 0.4) is 0 Å². The Morgan fingerprint density at radius 3 is 2.80 bits per heavy atom. The number of phenols is 1. The minimum atomic E-state index is -0.845. The molecular weight excluding hydrogens is 521 g/mol. The molecule has 2 fully saturated rings. The number of likely N-dealkylation sites (N-methyl/N-ethyl adjacent to an activating group) is 1. The molecule has 3 aliphatic rings. The summed E-state index contributed by atoms with van der Waals surface area (Å²) in [5.74, 6) is 1.26. The van der Waals surface area contributed by atoms with Crippen LogP contribution in [0.2, 0.25) is 0 Å². The molecule has 2 aromatic carbocycles. The normalized spacial score (nSPS) is 24.9. The Kier molecular flexibility index (Phi) is 7.55. The molecule has 41 heavy (non-hydrogen) atoms. The van der Waals surface area contributed by atoms with Crippen molar-refractivity contribution in [3.05, 3.63) is 65.9 Å². The number of carbonyl (C=O) groups excluding carboxylic acids is 1. The van der Waals surface area contributed by atoms with Crippen molar-refractivity contribution >= 4 is 22.5 Å². The van der Waals surface area contributed by atoms with Gasteiger partial charge >= 0.3 is 6.01 Å². The summed E-state index contributed by atoms with van der Waals surface area (Å²) < 4.78 is 20.2. The van der Waals surface area contributed by atoms with E-state index in [-0.39, 0.29) is 29.7 Å². The van der Waals surface area contributed by atoms with Crippen LogP contribution in [-0.2, 0) is 17.6 Å². The topological polar surface area (TPSA) is 82.0 Å². The number of amides is 1. The number of hydrogen-bond acceptors (Lipinski definition) is 7. The molecule has 0 bridgehead atoms. The molecule has 0 saturated carbocycles. The van der Waals surface area contributed by atoms with Gasteiger partial charge in [0.05, 0.1) is 5.69 Å². The fourth-order valence-corrected chi connectivity index (χ4v) is 6.78. The molecule has 2 saturated heterocycles. The summed E-state index contributed by atoms with van der Waals surface area (Å²) in [7, 11) is 1.92. The molecule has 3 heterocycles. The first kappa shape index (κ1) is 27.4. The number of aromatic nitrogens is 2. The van der Waals surface area contributed by atoms with Crippen LogP contribution in [0, 0.1) is 0 Å². The predicted octanol–water partition coefficient (Wildman–Crippen LogP) is 4.25. The third kappa shape index (κ3) is 5.47. The van der Waals surface area contributed by atoms with Crippen LogP contribution in [0.4, 0.5) is 10.2 Å². The van der Waals surface area contributed by atoms with Crippen molar-refractivity contribution in [3.8, 4) is 11.8 Å². The lowest BCUT2D eigenvalue weighted by molar-refractivity contribution is -0.126. The SMILES string of the molecule is C=CC(=O)N1CCN(c2nc(OC[C@@H]3C[C@H](F)CN3C)nc3c2CC[C@H](c2cc(O)cc4ccccc24)C3)[C@@H](C)C1. The van der Waals surface area contributed by atoms with Gasteiger partial charge in [0.25, 0.3) is 0 Å². The van der Waals surface area contributed by atoms with E-state index in [2.05, 4.69) is 24.5 Å². The summed E-state index contributed by atoms with van der Waals surface area (Å²) in [4.78, 5) is 28.2. The third-order valence-corrected chi connectivity index (χ3v) is 8.98. The number of phenolic OH excluding ortho intramolecular Hbond substituents is 1. The lowest BCUT2D eigenvalue weighted by Crippen LogP contribution is -2.54. The van der Waals surface area contributed by atoms with Crippen LogP contribution in [0.15, 0.2) is 49.1 Å². The molecule has 1 aromatic heterocycles. The lowest BCUT2D eigenvalue weighted by Gasteiger charge is -2.41. The second-order valence-corrected chi connectivity index (χ2v) is 11.7. The molecule has 2 aliphatic heterocycles. The highest BCUT2D eigenvalue weighted by molar-refractivity contribution is 5.88. The number of aromatic hydroxyl groups is 1. The zero-order valence-corrected chi connectivity index (χ0v) is 23.8. The lowest BCUT2D eigenvalue weighted by atomic mass is 9.80. The maximum absolute atomic E-state index is 14.0. The minimum Gasteiger partial charge on any atom is -0.508 e. The van der Waals surface area contributed by atoms with E-state index in [1.807, 2.05) is 47.2 Å². The Labute approximate surface area is 240 Å². The van der Waals surface area contributed by atoms with Crippen LogP contribution in [-0.4, -0.2) is 88.9 Å². The number of alkyl halides is 1. The highest BCUT2D eigenvalue weighted by Crippen LogP contribution is 2.40. The Hall–Kier alpha value is -3.72. The Morgan fingerprint density at radius 2 is 2.05 bits per heavy atom. The van der Waals surface area contributed by atoms with Crippen LogP contribution in [0.5, 0.6) is 11.8 Å². The van der Waals surface area contributed by atoms with Gasteiger partial charge in [0.2, 0.25) is 5.91 Å². The first-order valence-electron chi connectivity index (χ1n) is 14.6. The van der Waals surface area contributed by atoms with Crippen molar-refractivity contribution in [3.63, 3.8) is 0 Å². The highest BCUT2D eigenvalue weighted by Gasteiger charge is 2.34. The summed E-state index contributed by atoms with van der Waals surface area (Å²) in [6.07, 6.45) is 3.37. The average Bonchev–Trinajstić information content (AvgIpc) is 3.30. The van der Waals surface area contributed by atoms with Gasteiger partial charge < -0.3 is 19.6 Å². The second kappa shape index (κ2) is 11.3. The third-order valence-electron chi connectivity index (χ3n) is 8.98. The number of piperazine rings is 1. The fraction of sp³-hybridized carbons (Fsp3) is 0.469. The molecule has 4 atom stereocenters. The van der Waals surface area contributed by atoms with Crippen LogP contribution >= 0.6 is 0 Å². The minimum absolute atomic E-state index is 0.0214. The molecule has 0 radical (unpaired) electrons. The van der Waals surface area contributed by atoms with Crippen molar-refractivity contribution in [2.75, 3.05) is 44.7 Å². The molecule has 9 heteroatoms. The number of carbonyl (C=O) groups is 1. The van der Waals surface area contributed by atoms with E-state index < -0.39 is 6.17 Å². The molecule has 0 spiro atoms. The van der Waals surface area contributed by atoms with Crippen molar-refractivity contribution in [2.45, 2.75) is 56.8 Å². The van der Waals surface area contributed by atoms with Gasteiger partial charge in [0, 0.05) is 43.8 Å². The number of benzene rings is 2. The largest absolute Gasteiger partial charge is 0.508 e. The molecule has 3 aromatic rings. The number of anilines is 1. The van der Waals surface area contributed by atoms with Crippen molar-refractivity contribution in [1.29, 1.82) is 0 Å². The maximum Gasteiger partial charge on any atom is 0.318 e. The van der Waals surface area contributed by atoms with Crippen LogP contribution < -0.4 is 9.64 Å². The van der Waals surface area contributed by atoms with E-state index in [9.17, 15) is 14.3 Å². The number of halogens is 1. The summed E-state index contributed by atoms with van der Waals surface area (Å²) in [6, 6.07) is 12.2. The monoisotopic (exact) mass is 559 g/mol. The van der Waals surface area contributed by atoms with E-state index >= 15 is 0 Å². The van der Waals surface area contributed by atoms with E-state index in [1.165, 1.54) is 6.08 Å². The standard InChI is InChI=1S/C32H38FN5O3/c1-4-30(40)37-11-12-38(20(2)17-37)31-27-10-9-22(28-16-25(39)13-21-7-5-6-8-26(21)28)14-29(27)34-32(35-31)41-19-24-15-23(33)18-36(24)3/h4-8,13,16,20,22-24,39H,1,9-12,14-15,17-19H2,2-3H3/t20-,22-,23-,24-/m0/s1. The zero-order chi connectivity index (χ0) is 28.7. The van der Waals surface area contributed by atoms with Crippen molar-refractivity contribution < 1.29 is 19.0 Å². The molecule has 216 valence electrons. The van der Waals surface area contributed by atoms with Crippen LogP contribution in [0.1, 0.15) is 42.5 Å². The smallest absolute Gasteiger partial charge is 0.318 e. The van der Waals surface area contributed by atoms with Gasteiger partial charge in [-0.2, -0.15) is 9.97 Å². The van der Waals surface area contributed by atoms with Crippen molar-refractivity contribution in [2.24, 2.45) is 0 Å². The van der Waals surface area contributed by atoms with Crippen LogP contribution in [0.25, 0.3) is 10.8 Å². The predicted molar refractivity (Wildman–Crippen MR) is 157 cm³/mol. The number of likely N-dealkylation sites (tertiary alicyclic amines) is 1. The van der Waals surface area contributed by atoms with Gasteiger partial charge in [-0.05, 0) is 80.1 Å². The number of ether oxygens (including phenoxy) is 1. The van der Waals surface area contributed by atoms with Gasteiger partial charge in [-0.25, -0.2) is 4.39 Å². The van der Waals surface area contributed by atoms with Gasteiger partial charge in [-0.1, -0.05) is 30.8 Å². The van der Waals surface area contributed by atoms with E-state index in [0.717, 1.165) is 46.3 Å². The zero-order valence-electron chi connectivity index (χ0n) is 23.8. The van der Waals surface area contributed by atoms with E-state index in [1.54, 1.807) is 0 Å². The Morgan fingerprint density at radius 1 is 1.22 bits per heavy atom. The fourth-order valence-electron chi connectivity index (χ4n) is 6.78. The number of hydrogen-bond donors (Lipinski definition) is 1. The molecule has 1 aliphatic carbocycles.